The molecule has 0 saturated heterocycles. The number of carbonyl (C=O) groups is 1. The van der Waals surface area contributed by atoms with Crippen LogP contribution in [0.15, 0.2) is 30.3 Å². The van der Waals surface area contributed by atoms with E-state index in [0.717, 1.165) is 5.75 Å². The molecule has 0 heterocycles. The van der Waals surface area contributed by atoms with Crippen LogP contribution in [0.1, 0.15) is 31.1 Å². The second-order valence-electron chi connectivity index (χ2n) is 3.26. The van der Waals surface area contributed by atoms with E-state index in [1.54, 1.807) is 6.92 Å². The molecule has 76 valence electrons. The lowest BCUT2D eigenvalue weighted by atomic mass is 10.1. The number of hydrogen-bond acceptors (Lipinski definition) is 2. The smallest absolute Gasteiger partial charge is 0.131 e. The molecule has 0 aliphatic carbocycles. The molecule has 1 unspecified atom stereocenters. The molecule has 1 nitrogen and oxygen atoms in total. The molecule has 0 bridgehead atoms. The van der Waals surface area contributed by atoms with Gasteiger partial charge in [0.15, 0.2) is 0 Å². The van der Waals surface area contributed by atoms with Gasteiger partial charge in [-0.3, -0.25) is 4.79 Å². The van der Waals surface area contributed by atoms with Crippen molar-refractivity contribution < 1.29 is 4.79 Å². The first-order valence-electron chi connectivity index (χ1n) is 4.90. The molecule has 0 N–H and O–H groups in total. The van der Waals surface area contributed by atoms with Crippen LogP contribution in [0.3, 0.4) is 0 Å². The van der Waals surface area contributed by atoms with Crippen molar-refractivity contribution in [2.24, 2.45) is 0 Å². The molecular weight excluding hydrogens is 192 g/mol. The Morgan fingerprint density at radius 2 is 2.00 bits per heavy atom. The Balaban J connectivity index is 2.72. The highest BCUT2D eigenvalue weighted by Crippen LogP contribution is 2.31. The van der Waals surface area contributed by atoms with E-state index in [0.29, 0.717) is 11.7 Å². The van der Waals surface area contributed by atoms with Gasteiger partial charge in [0, 0.05) is 11.7 Å². The second kappa shape index (κ2) is 5.86. The summed E-state index contributed by atoms with van der Waals surface area (Å²) in [6.45, 7) is 3.78. The fourth-order valence-corrected chi connectivity index (χ4v) is 2.51. The van der Waals surface area contributed by atoms with Crippen LogP contribution in [0.25, 0.3) is 0 Å². The predicted octanol–water partition coefficient (Wildman–Crippen LogP) is 3.46. The minimum atomic E-state index is 0.264. The first-order valence-corrected chi connectivity index (χ1v) is 5.95. The minimum absolute atomic E-state index is 0.264. The summed E-state index contributed by atoms with van der Waals surface area (Å²) in [5.74, 6) is 1.31. The van der Waals surface area contributed by atoms with E-state index < -0.39 is 0 Å². The zero-order valence-electron chi connectivity index (χ0n) is 8.69. The maximum atomic E-state index is 11.1. The lowest BCUT2D eigenvalue weighted by molar-refractivity contribution is -0.117. The average molecular weight is 208 g/mol. The Labute approximate surface area is 89.9 Å². The van der Waals surface area contributed by atoms with Gasteiger partial charge in [-0.2, -0.15) is 11.8 Å². The summed E-state index contributed by atoms with van der Waals surface area (Å²) in [6.07, 6.45) is 0.641. The van der Waals surface area contributed by atoms with E-state index in [1.165, 1.54) is 5.56 Å². The van der Waals surface area contributed by atoms with Crippen molar-refractivity contribution >= 4 is 17.5 Å². The standard InChI is InChI=1S/C12H16OS/c1-3-14-12(9-10(2)13)11-7-5-4-6-8-11/h4-8,12H,3,9H2,1-2H3. The Kier molecular flexibility index (Phi) is 4.74. The predicted molar refractivity (Wildman–Crippen MR) is 62.6 cm³/mol. The Bertz CT molecular complexity index is 282. The molecule has 0 aliphatic heterocycles. The quantitative estimate of drug-likeness (QED) is 0.737. The van der Waals surface area contributed by atoms with Crippen molar-refractivity contribution in [3.63, 3.8) is 0 Å². The highest BCUT2D eigenvalue weighted by Gasteiger charge is 2.12. The van der Waals surface area contributed by atoms with Crippen molar-refractivity contribution in [1.82, 2.24) is 0 Å². The lowest BCUT2D eigenvalue weighted by Crippen LogP contribution is -2.01. The molecule has 1 rings (SSSR count). The van der Waals surface area contributed by atoms with Gasteiger partial charge in [0.25, 0.3) is 0 Å². The molecule has 0 radical (unpaired) electrons. The van der Waals surface area contributed by atoms with Crippen LogP contribution in [0.2, 0.25) is 0 Å². The van der Waals surface area contributed by atoms with Gasteiger partial charge in [0.1, 0.15) is 5.78 Å². The molecular formula is C12H16OS. The third-order valence-electron chi connectivity index (χ3n) is 2.01. The lowest BCUT2D eigenvalue weighted by Gasteiger charge is -2.14. The minimum Gasteiger partial charge on any atom is -0.300 e. The molecule has 1 aromatic carbocycles. The summed E-state index contributed by atoms with van der Waals surface area (Å²) in [5.41, 5.74) is 1.26. The molecule has 0 spiro atoms. The third kappa shape index (κ3) is 3.54. The first kappa shape index (κ1) is 11.3. The van der Waals surface area contributed by atoms with Gasteiger partial charge in [0.05, 0.1) is 0 Å². The second-order valence-corrected chi connectivity index (χ2v) is 4.74. The topological polar surface area (TPSA) is 17.1 Å². The Morgan fingerprint density at radius 1 is 1.36 bits per heavy atom. The van der Waals surface area contributed by atoms with Crippen molar-refractivity contribution in [2.75, 3.05) is 5.75 Å². The van der Waals surface area contributed by atoms with Gasteiger partial charge in [-0.1, -0.05) is 37.3 Å². The Hall–Kier alpha value is -0.760. The van der Waals surface area contributed by atoms with Crippen molar-refractivity contribution in [1.29, 1.82) is 0 Å². The number of Topliss-reactive ketones (excluding diaryl/α,β-unsaturated/α-hetero) is 1. The molecule has 0 saturated carbocycles. The molecule has 0 amide bonds. The highest BCUT2D eigenvalue weighted by molar-refractivity contribution is 7.99. The number of carbonyl (C=O) groups excluding carboxylic acids is 1. The van der Waals surface area contributed by atoms with E-state index in [4.69, 9.17) is 0 Å². The van der Waals surface area contributed by atoms with Crippen LogP contribution in [-0.4, -0.2) is 11.5 Å². The number of ketones is 1. The van der Waals surface area contributed by atoms with Gasteiger partial charge < -0.3 is 0 Å². The number of thioether (sulfide) groups is 1. The van der Waals surface area contributed by atoms with Gasteiger partial charge in [-0.05, 0) is 18.2 Å². The van der Waals surface area contributed by atoms with E-state index >= 15 is 0 Å². The summed E-state index contributed by atoms with van der Waals surface area (Å²) in [5, 5.41) is 0.332. The zero-order chi connectivity index (χ0) is 10.4. The number of hydrogen-bond donors (Lipinski definition) is 0. The normalized spacial score (nSPS) is 12.4. The fourth-order valence-electron chi connectivity index (χ4n) is 1.40. The Morgan fingerprint density at radius 3 is 2.50 bits per heavy atom. The van der Waals surface area contributed by atoms with Crippen molar-refractivity contribution in [3.05, 3.63) is 35.9 Å². The van der Waals surface area contributed by atoms with Gasteiger partial charge >= 0.3 is 0 Å². The highest BCUT2D eigenvalue weighted by atomic mass is 32.2. The molecule has 14 heavy (non-hydrogen) atoms. The molecule has 0 aromatic heterocycles. The first-order chi connectivity index (χ1) is 6.74. The van der Waals surface area contributed by atoms with E-state index in [1.807, 2.05) is 30.0 Å². The SMILES string of the molecule is CCSC(CC(C)=O)c1ccccc1. The summed E-state index contributed by atoms with van der Waals surface area (Å²) in [6, 6.07) is 10.2. The molecule has 1 aromatic rings. The molecule has 2 heteroatoms. The van der Waals surface area contributed by atoms with E-state index in [2.05, 4.69) is 19.1 Å². The van der Waals surface area contributed by atoms with Gasteiger partial charge in [0.2, 0.25) is 0 Å². The zero-order valence-corrected chi connectivity index (χ0v) is 9.51. The molecule has 1 atom stereocenters. The maximum absolute atomic E-state index is 11.1. The van der Waals surface area contributed by atoms with E-state index in [9.17, 15) is 4.79 Å². The van der Waals surface area contributed by atoms with Crippen LogP contribution in [0, 0.1) is 0 Å². The van der Waals surface area contributed by atoms with Crippen molar-refractivity contribution in [3.8, 4) is 0 Å². The average Bonchev–Trinajstić information content (AvgIpc) is 2.18. The number of rotatable bonds is 5. The van der Waals surface area contributed by atoms with Gasteiger partial charge in [-0.15, -0.1) is 0 Å². The number of benzene rings is 1. The summed E-state index contributed by atoms with van der Waals surface area (Å²) < 4.78 is 0. The van der Waals surface area contributed by atoms with Crippen LogP contribution in [0.4, 0.5) is 0 Å². The van der Waals surface area contributed by atoms with Crippen LogP contribution in [-0.2, 0) is 4.79 Å². The van der Waals surface area contributed by atoms with E-state index in [-0.39, 0.29) is 5.78 Å². The molecule has 0 fully saturated rings. The van der Waals surface area contributed by atoms with Crippen LogP contribution in [0.5, 0.6) is 0 Å². The van der Waals surface area contributed by atoms with Crippen LogP contribution < -0.4 is 0 Å². The summed E-state index contributed by atoms with van der Waals surface area (Å²) in [4.78, 5) is 11.1. The van der Waals surface area contributed by atoms with Crippen molar-refractivity contribution in [2.45, 2.75) is 25.5 Å². The largest absolute Gasteiger partial charge is 0.300 e. The third-order valence-corrected chi connectivity index (χ3v) is 3.19. The van der Waals surface area contributed by atoms with Gasteiger partial charge in [-0.25, -0.2) is 0 Å². The molecule has 0 aliphatic rings. The van der Waals surface area contributed by atoms with Crippen LogP contribution >= 0.6 is 11.8 Å². The monoisotopic (exact) mass is 208 g/mol. The maximum Gasteiger partial charge on any atom is 0.131 e. The summed E-state index contributed by atoms with van der Waals surface area (Å²) >= 11 is 1.84. The summed E-state index contributed by atoms with van der Waals surface area (Å²) in [7, 11) is 0. The fraction of sp³-hybridized carbons (Fsp3) is 0.417.